The fourth-order valence-corrected chi connectivity index (χ4v) is 0. The molecule has 0 saturated carbocycles. The van der Waals surface area contributed by atoms with Crippen molar-refractivity contribution in [2.45, 2.75) is 16.8 Å². The molecule has 1 nitrogen and oxygen atoms in total. The van der Waals surface area contributed by atoms with Gasteiger partial charge in [-0.1, -0.05) is 0 Å². The average Bonchev–Trinajstić information content (AvgIpc) is 1.33. The van der Waals surface area contributed by atoms with Crippen LogP contribution in [0.2, 0.25) is 9.88 Å². The maximum atomic E-state index is 9.21. The van der Waals surface area contributed by atoms with Gasteiger partial charge >= 0.3 is 31.0 Å². The average molecular weight is 264 g/mol. The van der Waals surface area contributed by atoms with Gasteiger partial charge in [-0.3, -0.25) is 4.79 Å². The molecule has 2 radical (unpaired) electrons. The molecule has 8 heavy (non-hydrogen) atoms. The second kappa shape index (κ2) is 15.7. The van der Waals surface area contributed by atoms with Crippen LogP contribution in [0.3, 0.4) is 0 Å². The number of carbonyl (C=O) groups excluding carboxylic acids is 1. The molecule has 0 N–H and O–H groups in total. The summed E-state index contributed by atoms with van der Waals surface area (Å²) in [5.74, 6) is 0. The van der Waals surface area contributed by atoms with Gasteiger partial charge in [0.05, 0.1) is 0 Å². The van der Waals surface area contributed by atoms with E-state index in [2.05, 4.69) is 21.5 Å². The summed E-state index contributed by atoms with van der Waals surface area (Å²) < 4.78 is 0. The zero-order valence-corrected chi connectivity index (χ0v) is 9.62. The SMILES string of the molecule is CC(=O)Cl.Cl.[CH3][Sn][CH3]. The van der Waals surface area contributed by atoms with Crippen LogP contribution in [0.25, 0.3) is 0 Å². The van der Waals surface area contributed by atoms with Crippen LogP contribution < -0.4 is 0 Å². The van der Waals surface area contributed by atoms with Crippen molar-refractivity contribution in [3.8, 4) is 0 Å². The number of hydrogen-bond acceptors (Lipinski definition) is 1. The molecule has 0 aliphatic rings. The molecule has 0 aromatic carbocycles. The summed E-state index contributed by atoms with van der Waals surface area (Å²) in [7, 11) is 0. The summed E-state index contributed by atoms with van der Waals surface area (Å²) >= 11 is 4.87. The molecule has 0 saturated heterocycles. The fourth-order valence-electron chi connectivity index (χ4n) is 0. The Kier molecular flexibility index (Phi) is 31.4. The molecule has 0 spiro atoms. The Labute approximate surface area is 71.8 Å². The van der Waals surface area contributed by atoms with Crippen molar-refractivity contribution in [2.24, 2.45) is 0 Å². The Hall–Kier alpha value is 1.05. The summed E-state index contributed by atoms with van der Waals surface area (Å²) in [6.07, 6.45) is 0. The van der Waals surface area contributed by atoms with Gasteiger partial charge in [0.2, 0.25) is 5.24 Å². The Morgan fingerprint density at radius 2 is 1.50 bits per heavy atom. The zero-order valence-electron chi connectivity index (χ0n) is 5.19. The van der Waals surface area contributed by atoms with Crippen LogP contribution in [-0.2, 0) is 4.79 Å². The van der Waals surface area contributed by atoms with Crippen LogP contribution in [0.4, 0.5) is 0 Å². The Bertz CT molecular complexity index is 45.3. The number of halogens is 2. The van der Waals surface area contributed by atoms with Gasteiger partial charge in [0.15, 0.2) is 0 Å². The molecule has 0 amide bonds. The second-order valence-electron chi connectivity index (χ2n) is 0.970. The predicted molar refractivity (Wildman–Crippen MR) is 41.3 cm³/mol. The molecular formula is C4H10Cl2OSn. The summed E-state index contributed by atoms with van der Waals surface area (Å²) in [6, 6.07) is 0. The summed E-state index contributed by atoms with van der Waals surface area (Å²) in [5.41, 5.74) is 0. The van der Waals surface area contributed by atoms with Gasteiger partial charge in [-0.05, 0) is 11.6 Å². The van der Waals surface area contributed by atoms with Crippen molar-refractivity contribution in [1.29, 1.82) is 0 Å². The van der Waals surface area contributed by atoms with E-state index in [0.29, 0.717) is 0 Å². The molecule has 50 valence electrons. The summed E-state index contributed by atoms with van der Waals surface area (Å²) in [6.45, 7) is 1.29. The van der Waals surface area contributed by atoms with E-state index >= 15 is 0 Å². The van der Waals surface area contributed by atoms with Crippen molar-refractivity contribution < 1.29 is 4.79 Å². The first-order chi connectivity index (χ1) is 3.15. The molecule has 0 bridgehead atoms. The molecule has 0 aromatic rings. The molecule has 0 rings (SSSR count). The molecular weight excluding hydrogens is 254 g/mol. The van der Waals surface area contributed by atoms with Crippen LogP contribution in [-0.4, -0.2) is 26.4 Å². The van der Waals surface area contributed by atoms with Gasteiger partial charge in [0.25, 0.3) is 0 Å². The van der Waals surface area contributed by atoms with Gasteiger partial charge in [0, 0.05) is 6.92 Å². The molecule has 0 aliphatic carbocycles. The molecule has 0 aliphatic heterocycles. The Balaban J connectivity index is -0.0000000575. The van der Waals surface area contributed by atoms with Crippen molar-refractivity contribution in [2.75, 3.05) is 0 Å². The quantitative estimate of drug-likeness (QED) is 0.483. The molecule has 0 atom stereocenters. The van der Waals surface area contributed by atoms with Crippen LogP contribution in [0.15, 0.2) is 0 Å². The summed E-state index contributed by atoms with van der Waals surface area (Å²) in [5, 5.41) is -0.361. The first-order valence-corrected chi connectivity index (χ1v) is 7.98. The molecule has 0 fully saturated rings. The maximum absolute atomic E-state index is 9.21. The van der Waals surface area contributed by atoms with Crippen molar-refractivity contribution >= 4 is 50.4 Å². The van der Waals surface area contributed by atoms with Gasteiger partial charge in [-0.25, -0.2) is 0 Å². The van der Waals surface area contributed by atoms with E-state index in [1.807, 2.05) is 0 Å². The van der Waals surface area contributed by atoms with E-state index in [4.69, 9.17) is 0 Å². The number of carbonyl (C=O) groups is 1. The van der Waals surface area contributed by atoms with E-state index in [1.165, 1.54) is 6.92 Å². The first-order valence-electron chi connectivity index (χ1n) is 1.89. The monoisotopic (exact) mass is 264 g/mol. The van der Waals surface area contributed by atoms with E-state index in [1.54, 1.807) is 0 Å². The van der Waals surface area contributed by atoms with Crippen molar-refractivity contribution in [1.82, 2.24) is 0 Å². The van der Waals surface area contributed by atoms with Gasteiger partial charge in [-0.15, -0.1) is 12.4 Å². The standard InChI is InChI=1S/C2H3ClO.2CH3.ClH.Sn/c1-2(3)4;;;;/h1H3;2*1H3;1H;. The fraction of sp³-hybridized carbons (Fsp3) is 0.750. The Morgan fingerprint density at radius 1 is 1.50 bits per heavy atom. The second-order valence-corrected chi connectivity index (χ2v) is 4.36. The van der Waals surface area contributed by atoms with Crippen LogP contribution in [0, 0.1) is 0 Å². The van der Waals surface area contributed by atoms with Gasteiger partial charge in [0.1, 0.15) is 0 Å². The molecule has 0 heterocycles. The van der Waals surface area contributed by atoms with Gasteiger partial charge in [-0.2, -0.15) is 0 Å². The molecule has 0 aromatic heterocycles. The van der Waals surface area contributed by atoms with Crippen LogP contribution in [0.1, 0.15) is 6.92 Å². The van der Waals surface area contributed by atoms with Crippen molar-refractivity contribution in [3.63, 3.8) is 0 Å². The van der Waals surface area contributed by atoms with E-state index < -0.39 is 0 Å². The minimum atomic E-state index is -0.361. The van der Waals surface area contributed by atoms with Crippen molar-refractivity contribution in [3.05, 3.63) is 0 Å². The third-order valence-electron chi connectivity index (χ3n) is 0. The zero-order chi connectivity index (χ0) is 6.28. The van der Waals surface area contributed by atoms with Crippen LogP contribution >= 0.6 is 24.0 Å². The predicted octanol–water partition coefficient (Wildman–Crippen LogP) is 1.98. The Morgan fingerprint density at radius 3 is 1.50 bits per heavy atom. The number of hydrogen-bond donors (Lipinski definition) is 0. The first kappa shape index (κ1) is 16.0. The van der Waals surface area contributed by atoms with E-state index in [9.17, 15) is 4.79 Å². The molecule has 4 heteroatoms. The minimum absolute atomic E-state index is 0. The normalized spacial score (nSPS) is 5.50. The molecule has 0 unspecified atom stereocenters. The van der Waals surface area contributed by atoms with E-state index in [0.717, 1.165) is 0 Å². The third-order valence-corrected chi connectivity index (χ3v) is 0. The third kappa shape index (κ3) is 234. The van der Waals surface area contributed by atoms with E-state index in [-0.39, 0.29) is 38.8 Å². The number of rotatable bonds is 0. The topological polar surface area (TPSA) is 17.1 Å². The van der Waals surface area contributed by atoms with Crippen LogP contribution in [0.5, 0.6) is 0 Å². The van der Waals surface area contributed by atoms with Gasteiger partial charge < -0.3 is 0 Å². The summed E-state index contributed by atoms with van der Waals surface area (Å²) in [4.78, 5) is 13.8.